The number of nitrogens with one attached hydrogen (secondary N) is 3. The van der Waals surface area contributed by atoms with E-state index in [0.717, 1.165) is 32.7 Å². The fourth-order valence-electron chi connectivity index (χ4n) is 4.26. The van der Waals surface area contributed by atoms with E-state index < -0.39 is 0 Å². The number of anilines is 2. The first-order valence-corrected chi connectivity index (χ1v) is 10.8. The van der Waals surface area contributed by atoms with Gasteiger partial charge in [0.15, 0.2) is 0 Å². The second-order valence-electron chi connectivity index (χ2n) is 8.11. The smallest absolute Gasteiger partial charge is 0.315 e. The number of quaternary nitrogens is 1. The van der Waals surface area contributed by atoms with Crippen molar-refractivity contribution in [3.8, 4) is 0 Å². The lowest BCUT2D eigenvalue weighted by Crippen LogP contribution is -3.15. The maximum Gasteiger partial charge on any atom is 0.315 e. The van der Waals surface area contributed by atoms with Gasteiger partial charge in [-0.3, -0.25) is 4.79 Å². The van der Waals surface area contributed by atoms with Gasteiger partial charge in [0.2, 0.25) is 5.91 Å². The van der Waals surface area contributed by atoms with Crippen molar-refractivity contribution in [2.24, 2.45) is 0 Å². The van der Waals surface area contributed by atoms with Crippen molar-refractivity contribution in [1.29, 1.82) is 0 Å². The molecule has 2 fully saturated rings. The standard InChI is InChI=1S/C23H28FN5O2/c24-18-5-4-8-21(15-18)29-17-19(16-22(29)30)26-23(31)25-9-10-27-11-13-28(14-12-27)20-6-2-1-3-7-20/h1-8,15,19H,9-14,16-17H2,(H2,25,26,31)/p+1/t19-/m1/s1. The first-order chi connectivity index (χ1) is 15.1. The van der Waals surface area contributed by atoms with Crippen LogP contribution in [0, 0.1) is 5.82 Å². The number of nitrogens with zero attached hydrogens (tertiary/aromatic N) is 2. The van der Waals surface area contributed by atoms with Gasteiger partial charge in [0.05, 0.1) is 45.3 Å². The van der Waals surface area contributed by atoms with Gasteiger partial charge in [0.1, 0.15) is 5.82 Å². The Kier molecular flexibility index (Phi) is 6.66. The Balaban J connectivity index is 1.16. The first kappa shape index (κ1) is 21.1. The normalized spacial score (nSPS) is 19.5. The molecule has 2 saturated heterocycles. The molecule has 2 heterocycles. The maximum atomic E-state index is 13.4. The first-order valence-electron chi connectivity index (χ1n) is 10.8. The molecule has 2 aliphatic heterocycles. The zero-order valence-electron chi connectivity index (χ0n) is 17.5. The van der Waals surface area contributed by atoms with Crippen LogP contribution >= 0.6 is 0 Å². The van der Waals surface area contributed by atoms with Crippen LogP contribution < -0.4 is 25.3 Å². The molecule has 0 aromatic heterocycles. The van der Waals surface area contributed by atoms with Crippen LogP contribution in [-0.4, -0.2) is 63.8 Å². The Morgan fingerprint density at radius 2 is 1.81 bits per heavy atom. The molecule has 0 unspecified atom stereocenters. The summed E-state index contributed by atoms with van der Waals surface area (Å²) in [4.78, 5) is 29.9. The van der Waals surface area contributed by atoms with E-state index in [9.17, 15) is 14.0 Å². The molecule has 164 valence electrons. The molecule has 0 spiro atoms. The number of carbonyl (C=O) groups is 2. The van der Waals surface area contributed by atoms with Gasteiger partial charge < -0.3 is 25.3 Å². The third-order valence-corrected chi connectivity index (χ3v) is 5.94. The lowest BCUT2D eigenvalue weighted by atomic mass is 10.2. The number of piperazine rings is 1. The zero-order chi connectivity index (χ0) is 21.6. The second kappa shape index (κ2) is 9.78. The fraction of sp³-hybridized carbons (Fsp3) is 0.391. The van der Waals surface area contributed by atoms with E-state index in [4.69, 9.17) is 0 Å². The number of hydrogen-bond donors (Lipinski definition) is 3. The predicted molar refractivity (Wildman–Crippen MR) is 118 cm³/mol. The molecule has 2 aromatic carbocycles. The van der Waals surface area contributed by atoms with Crippen LogP contribution in [0.2, 0.25) is 0 Å². The largest absolute Gasteiger partial charge is 0.360 e. The molecule has 31 heavy (non-hydrogen) atoms. The van der Waals surface area contributed by atoms with Crippen molar-refractivity contribution >= 4 is 23.3 Å². The number of urea groups is 1. The molecular formula is C23H29FN5O2+. The molecule has 3 amide bonds. The Bertz CT molecular complexity index is 902. The average Bonchev–Trinajstić information content (AvgIpc) is 3.14. The minimum absolute atomic E-state index is 0.114. The van der Waals surface area contributed by atoms with Crippen LogP contribution in [0.15, 0.2) is 54.6 Å². The molecular weight excluding hydrogens is 397 g/mol. The highest BCUT2D eigenvalue weighted by Gasteiger charge is 2.31. The van der Waals surface area contributed by atoms with Gasteiger partial charge in [-0.25, -0.2) is 9.18 Å². The molecule has 1 atom stereocenters. The van der Waals surface area contributed by atoms with E-state index in [-0.39, 0.29) is 30.2 Å². The Morgan fingerprint density at radius 1 is 1.06 bits per heavy atom. The summed E-state index contributed by atoms with van der Waals surface area (Å²) in [6.07, 6.45) is 0.219. The van der Waals surface area contributed by atoms with Gasteiger partial charge in [0.25, 0.3) is 0 Å². The second-order valence-corrected chi connectivity index (χ2v) is 8.11. The SMILES string of the molecule is O=C(NCC[NH+]1CCN(c2ccccc2)CC1)N[C@@H]1CC(=O)N(c2cccc(F)c2)C1. The summed E-state index contributed by atoms with van der Waals surface area (Å²) in [6.45, 7) is 5.89. The molecule has 2 aliphatic rings. The Hall–Kier alpha value is -3.13. The molecule has 8 heteroatoms. The summed E-state index contributed by atoms with van der Waals surface area (Å²) in [5.74, 6) is -0.497. The molecule has 0 saturated carbocycles. The summed E-state index contributed by atoms with van der Waals surface area (Å²) in [7, 11) is 0. The number of hydrogen-bond acceptors (Lipinski definition) is 3. The van der Waals surface area contributed by atoms with E-state index >= 15 is 0 Å². The molecule has 0 aliphatic carbocycles. The van der Waals surface area contributed by atoms with Crippen molar-refractivity contribution < 1.29 is 18.9 Å². The highest BCUT2D eigenvalue weighted by atomic mass is 19.1. The van der Waals surface area contributed by atoms with Crippen molar-refractivity contribution in [3.63, 3.8) is 0 Å². The average molecular weight is 427 g/mol. The predicted octanol–water partition coefficient (Wildman–Crippen LogP) is 0.635. The van der Waals surface area contributed by atoms with E-state index in [2.05, 4.69) is 39.8 Å². The third-order valence-electron chi connectivity index (χ3n) is 5.94. The third kappa shape index (κ3) is 5.52. The van der Waals surface area contributed by atoms with Gasteiger partial charge in [-0.15, -0.1) is 0 Å². The van der Waals surface area contributed by atoms with Crippen LogP contribution in [0.4, 0.5) is 20.6 Å². The van der Waals surface area contributed by atoms with Crippen molar-refractivity contribution in [3.05, 3.63) is 60.4 Å². The monoisotopic (exact) mass is 426 g/mol. The Morgan fingerprint density at radius 3 is 2.55 bits per heavy atom. The highest BCUT2D eigenvalue weighted by molar-refractivity contribution is 5.96. The highest BCUT2D eigenvalue weighted by Crippen LogP contribution is 2.22. The van der Waals surface area contributed by atoms with Crippen molar-refractivity contribution in [2.75, 3.05) is 55.6 Å². The molecule has 4 rings (SSSR count). The van der Waals surface area contributed by atoms with E-state index in [1.165, 1.54) is 27.6 Å². The quantitative estimate of drug-likeness (QED) is 0.635. The van der Waals surface area contributed by atoms with Crippen LogP contribution in [-0.2, 0) is 4.79 Å². The molecule has 0 bridgehead atoms. The Labute approximate surface area is 181 Å². The lowest BCUT2D eigenvalue weighted by molar-refractivity contribution is -0.899. The van der Waals surface area contributed by atoms with E-state index in [1.807, 2.05) is 6.07 Å². The number of para-hydroxylation sites is 1. The topological polar surface area (TPSA) is 69.1 Å². The van der Waals surface area contributed by atoms with Crippen LogP contribution in [0.3, 0.4) is 0 Å². The van der Waals surface area contributed by atoms with E-state index in [0.29, 0.717) is 18.8 Å². The van der Waals surface area contributed by atoms with Gasteiger partial charge in [-0.05, 0) is 30.3 Å². The lowest BCUT2D eigenvalue weighted by Gasteiger charge is -2.33. The van der Waals surface area contributed by atoms with Crippen LogP contribution in [0.5, 0.6) is 0 Å². The minimum Gasteiger partial charge on any atom is -0.360 e. The fourth-order valence-corrected chi connectivity index (χ4v) is 4.26. The zero-order valence-corrected chi connectivity index (χ0v) is 17.5. The van der Waals surface area contributed by atoms with Gasteiger partial charge in [-0.2, -0.15) is 0 Å². The van der Waals surface area contributed by atoms with E-state index in [1.54, 1.807) is 12.1 Å². The molecule has 7 nitrogen and oxygen atoms in total. The van der Waals surface area contributed by atoms with Gasteiger partial charge in [-0.1, -0.05) is 24.3 Å². The number of benzene rings is 2. The van der Waals surface area contributed by atoms with Gasteiger partial charge >= 0.3 is 6.03 Å². The molecule has 3 N–H and O–H groups in total. The van der Waals surface area contributed by atoms with Crippen molar-refractivity contribution in [2.45, 2.75) is 12.5 Å². The number of amides is 3. The summed E-state index contributed by atoms with van der Waals surface area (Å²) >= 11 is 0. The summed E-state index contributed by atoms with van der Waals surface area (Å²) in [5, 5.41) is 5.77. The number of carbonyl (C=O) groups excluding carboxylic acids is 2. The number of rotatable bonds is 6. The summed E-state index contributed by atoms with van der Waals surface area (Å²) in [5.41, 5.74) is 1.78. The van der Waals surface area contributed by atoms with Crippen LogP contribution in [0.1, 0.15) is 6.42 Å². The molecule has 2 aromatic rings. The molecule has 0 radical (unpaired) electrons. The summed E-state index contributed by atoms with van der Waals surface area (Å²) in [6, 6.07) is 15.8. The van der Waals surface area contributed by atoms with Crippen LogP contribution in [0.25, 0.3) is 0 Å². The van der Waals surface area contributed by atoms with Gasteiger partial charge in [0, 0.05) is 24.3 Å². The van der Waals surface area contributed by atoms with Crippen molar-refractivity contribution in [1.82, 2.24) is 10.6 Å². The minimum atomic E-state index is -0.383. The number of halogens is 1. The maximum absolute atomic E-state index is 13.4. The summed E-state index contributed by atoms with van der Waals surface area (Å²) < 4.78 is 13.4.